The highest BCUT2D eigenvalue weighted by atomic mass is 35.5. The molecule has 0 radical (unpaired) electrons. The predicted octanol–water partition coefficient (Wildman–Crippen LogP) is 1.63. The Hall–Kier alpha value is -0.280. The van der Waals surface area contributed by atoms with E-state index in [9.17, 15) is 0 Å². The van der Waals surface area contributed by atoms with Gasteiger partial charge < -0.3 is 11.1 Å². The van der Waals surface area contributed by atoms with Crippen molar-refractivity contribution in [2.75, 3.05) is 6.54 Å². The van der Waals surface area contributed by atoms with Crippen molar-refractivity contribution in [3.05, 3.63) is 34.9 Å². The molecule has 0 saturated carbocycles. The third-order valence-corrected chi connectivity index (χ3v) is 2.39. The molecule has 0 saturated heterocycles. The number of hydrogen-bond acceptors (Lipinski definition) is 2. The Bertz CT molecular complexity index is 289. The molecule has 0 spiro atoms. The summed E-state index contributed by atoms with van der Waals surface area (Å²) in [6, 6.07) is 6.55. The molecule has 4 heteroatoms. The summed E-state index contributed by atoms with van der Waals surface area (Å²) >= 11 is 0. The van der Waals surface area contributed by atoms with Gasteiger partial charge in [-0.15, -0.1) is 24.8 Å². The fraction of sp³-hybridized carbons (Fsp3) is 0.400. The van der Waals surface area contributed by atoms with Gasteiger partial charge in [-0.25, -0.2) is 0 Å². The average molecular weight is 235 g/mol. The molecular formula is C10H16Cl2N2. The van der Waals surface area contributed by atoms with E-state index in [0.717, 1.165) is 19.5 Å². The third kappa shape index (κ3) is 2.85. The summed E-state index contributed by atoms with van der Waals surface area (Å²) < 4.78 is 0. The fourth-order valence-corrected chi connectivity index (χ4v) is 1.66. The van der Waals surface area contributed by atoms with E-state index >= 15 is 0 Å². The van der Waals surface area contributed by atoms with Gasteiger partial charge in [0.05, 0.1) is 0 Å². The van der Waals surface area contributed by atoms with Crippen molar-refractivity contribution < 1.29 is 0 Å². The Balaban J connectivity index is 0.000000845. The summed E-state index contributed by atoms with van der Waals surface area (Å²) in [6.45, 7) is 2.76. The monoisotopic (exact) mass is 234 g/mol. The molecule has 2 nitrogen and oxygen atoms in total. The Morgan fingerprint density at radius 1 is 1.21 bits per heavy atom. The molecule has 1 aliphatic rings. The first kappa shape index (κ1) is 13.7. The van der Waals surface area contributed by atoms with E-state index in [1.165, 1.54) is 16.7 Å². The van der Waals surface area contributed by atoms with Crippen LogP contribution in [0.3, 0.4) is 0 Å². The minimum atomic E-state index is 0. The molecule has 0 fully saturated rings. The fourth-order valence-electron chi connectivity index (χ4n) is 1.66. The second kappa shape index (κ2) is 6.25. The molecule has 80 valence electrons. The van der Waals surface area contributed by atoms with E-state index < -0.39 is 0 Å². The SMILES string of the molecule is Cl.Cl.NCc1ccc2c(c1)CNCC2. The van der Waals surface area contributed by atoms with Gasteiger partial charge in [0, 0.05) is 13.1 Å². The zero-order valence-corrected chi connectivity index (χ0v) is 9.59. The van der Waals surface area contributed by atoms with Gasteiger partial charge >= 0.3 is 0 Å². The largest absolute Gasteiger partial charge is 0.326 e. The lowest BCUT2D eigenvalue weighted by atomic mass is 9.99. The Kier molecular flexibility index (Phi) is 6.12. The van der Waals surface area contributed by atoms with Crippen LogP contribution in [0.5, 0.6) is 0 Å². The van der Waals surface area contributed by atoms with E-state index in [0.29, 0.717) is 6.54 Å². The third-order valence-electron chi connectivity index (χ3n) is 2.39. The van der Waals surface area contributed by atoms with E-state index in [2.05, 4.69) is 23.5 Å². The molecule has 0 amide bonds. The lowest BCUT2D eigenvalue weighted by molar-refractivity contribution is 0.642. The van der Waals surface area contributed by atoms with Crippen LogP contribution in [0.25, 0.3) is 0 Å². The van der Waals surface area contributed by atoms with E-state index in [1.807, 2.05) is 0 Å². The van der Waals surface area contributed by atoms with Gasteiger partial charge in [0.15, 0.2) is 0 Å². The first-order valence-electron chi connectivity index (χ1n) is 4.41. The maximum atomic E-state index is 5.56. The van der Waals surface area contributed by atoms with Crippen molar-refractivity contribution in [2.45, 2.75) is 19.5 Å². The van der Waals surface area contributed by atoms with Crippen molar-refractivity contribution in [2.24, 2.45) is 5.73 Å². The van der Waals surface area contributed by atoms with Crippen molar-refractivity contribution in [1.29, 1.82) is 0 Å². The highest BCUT2D eigenvalue weighted by Gasteiger charge is 2.07. The van der Waals surface area contributed by atoms with Crippen LogP contribution in [0.1, 0.15) is 16.7 Å². The molecule has 0 aromatic heterocycles. The van der Waals surface area contributed by atoms with Crippen LogP contribution in [-0.4, -0.2) is 6.54 Å². The molecule has 1 aromatic carbocycles. The van der Waals surface area contributed by atoms with Crippen LogP contribution in [0.15, 0.2) is 18.2 Å². The molecule has 0 aliphatic carbocycles. The maximum Gasteiger partial charge on any atom is 0.0208 e. The lowest BCUT2D eigenvalue weighted by Gasteiger charge is -2.17. The molecule has 14 heavy (non-hydrogen) atoms. The van der Waals surface area contributed by atoms with Gasteiger partial charge in [-0.3, -0.25) is 0 Å². The molecule has 0 bridgehead atoms. The van der Waals surface area contributed by atoms with Crippen molar-refractivity contribution in [3.8, 4) is 0 Å². The summed E-state index contributed by atoms with van der Waals surface area (Å²) in [5, 5.41) is 3.35. The van der Waals surface area contributed by atoms with Gasteiger partial charge in [0.25, 0.3) is 0 Å². The molecule has 3 N–H and O–H groups in total. The van der Waals surface area contributed by atoms with Crippen LogP contribution in [0.4, 0.5) is 0 Å². The normalized spacial score (nSPS) is 13.5. The molecular weight excluding hydrogens is 219 g/mol. The van der Waals surface area contributed by atoms with E-state index in [-0.39, 0.29) is 24.8 Å². The van der Waals surface area contributed by atoms with Crippen LogP contribution in [0.2, 0.25) is 0 Å². The molecule has 1 heterocycles. The zero-order valence-electron chi connectivity index (χ0n) is 7.95. The predicted molar refractivity (Wildman–Crippen MR) is 64.2 cm³/mol. The van der Waals surface area contributed by atoms with Crippen molar-refractivity contribution in [1.82, 2.24) is 5.32 Å². The lowest BCUT2D eigenvalue weighted by Crippen LogP contribution is -2.23. The van der Waals surface area contributed by atoms with Crippen molar-refractivity contribution >= 4 is 24.8 Å². The molecule has 0 unspecified atom stereocenters. The summed E-state index contributed by atoms with van der Waals surface area (Å²) in [4.78, 5) is 0. The highest BCUT2D eigenvalue weighted by molar-refractivity contribution is 5.85. The van der Waals surface area contributed by atoms with Crippen LogP contribution in [-0.2, 0) is 19.5 Å². The zero-order chi connectivity index (χ0) is 8.39. The number of nitrogens with two attached hydrogens (primary N) is 1. The van der Waals surface area contributed by atoms with E-state index in [4.69, 9.17) is 5.73 Å². The first-order chi connectivity index (χ1) is 5.90. The Morgan fingerprint density at radius 3 is 2.71 bits per heavy atom. The smallest absolute Gasteiger partial charge is 0.0208 e. The van der Waals surface area contributed by atoms with Gasteiger partial charge in [0.1, 0.15) is 0 Å². The summed E-state index contributed by atoms with van der Waals surface area (Å²) in [5.41, 5.74) is 9.69. The quantitative estimate of drug-likeness (QED) is 0.776. The highest BCUT2D eigenvalue weighted by Crippen LogP contribution is 2.15. The summed E-state index contributed by atoms with van der Waals surface area (Å²) in [6.07, 6.45) is 1.15. The standard InChI is InChI=1S/C10H14N2.2ClH/c11-6-8-1-2-9-3-4-12-7-10(9)5-8;;/h1-2,5,12H,3-4,6-7,11H2;2*1H. The number of benzene rings is 1. The second-order valence-electron chi connectivity index (χ2n) is 3.23. The number of halogens is 2. The number of fused-ring (bicyclic) bond motifs is 1. The van der Waals surface area contributed by atoms with Gasteiger partial charge in [-0.1, -0.05) is 18.2 Å². The summed E-state index contributed by atoms with van der Waals surface area (Å²) in [5.74, 6) is 0. The summed E-state index contributed by atoms with van der Waals surface area (Å²) in [7, 11) is 0. The van der Waals surface area contributed by atoms with Crippen molar-refractivity contribution in [3.63, 3.8) is 0 Å². The first-order valence-corrected chi connectivity index (χ1v) is 4.41. The average Bonchev–Trinajstić information content (AvgIpc) is 2.17. The second-order valence-corrected chi connectivity index (χ2v) is 3.23. The Morgan fingerprint density at radius 2 is 2.00 bits per heavy atom. The topological polar surface area (TPSA) is 38.0 Å². The van der Waals surface area contributed by atoms with Gasteiger partial charge in [-0.05, 0) is 29.7 Å². The number of hydrogen-bond donors (Lipinski definition) is 2. The minimum Gasteiger partial charge on any atom is -0.326 e. The molecule has 2 rings (SSSR count). The molecule has 0 atom stereocenters. The minimum absolute atomic E-state index is 0. The van der Waals surface area contributed by atoms with Crippen LogP contribution < -0.4 is 11.1 Å². The molecule has 1 aromatic rings. The van der Waals surface area contributed by atoms with Gasteiger partial charge in [0.2, 0.25) is 0 Å². The van der Waals surface area contributed by atoms with Crippen LogP contribution >= 0.6 is 24.8 Å². The number of nitrogens with one attached hydrogen (secondary N) is 1. The van der Waals surface area contributed by atoms with Gasteiger partial charge in [-0.2, -0.15) is 0 Å². The van der Waals surface area contributed by atoms with Crippen LogP contribution in [0, 0.1) is 0 Å². The van der Waals surface area contributed by atoms with E-state index in [1.54, 1.807) is 0 Å². The number of rotatable bonds is 1. The molecule has 1 aliphatic heterocycles. The Labute approximate surface area is 97.1 Å². The maximum absolute atomic E-state index is 5.56.